The maximum Gasteiger partial charge on any atom is 0.573 e. The van der Waals surface area contributed by atoms with E-state index >= 15 is 0 Å². The summed E-state index contributed by atoms with van der Waals surface area (Å²) in [6.45, 7) is 6.75. The molecule has 0 bridgehead atoms. The van der Waals surface area contributed by atoms with Gasteiger partial charge in [-0.1, -0.05) is 20.8 Å². The van der Waals surface area contributed by atoms with Gasteiger partial charge in [0.05, 0.1) is 17.6 Å². The van der Waals surface area contributed by atoms with Crippen molar-refractivity contribution in [3.8, 4) is 5.75 Å². The number of aliphatic hydroxyl groups is 1. The molecule has 0 radical (unpaired) electrons. The molecule has 3 aromatic rings. The topological polar surface area (TPSA) is 88.4 Å². The number of hydrogen-bond donors (Lipinski definition) is 3. The van der Waals surface area contributed by atoms with Crippen molar-refractivity contribution in [3.05, 3.63) is 48.0 Å². The highest BCUT2D eigenvalue weighted by Crippen LogP contribution is 2.46. The largest absolute Gasteiger partial charge is 0.573 e. The number of anilines is 2. The second-order valence-electron chi connectivity index (χ2n) is 10.3. The molecule has 1 aromatic heterocycles. The van der Waals surface area contributed by atoms with Gasteiger partial charge in [-0.2, -0.15) is 0 Å². The van der Waals surface area contributed by atoms with Crippen molar-refractivity contribution < 1.29 is 27.8 Å². The zero-order valence-corrected chi connectivity index (χ0v) is 20.5. The van der Waals surface area contributed by atoms with Crippen LogP contribution in [-0.2, 0) is 0 Å². The number of imidazole rings is 1. The van der Waals surface area contributed by atoms with Crippen LogP contribution in [0.15, 0.2) is 42.5 Å². The van der Waals surface area contributed by atoms with Gasteiger partial charge >= 0.3 is 6.36 Å². The second-order valence-corrected chi connectivity index (χ2v) is 10.3. The number of halogens is 3. The smallest absolute Gasteiger partial charge is 0.406 e. The summed E-state index contributed by atoms with van der Waals surface area (Å²) < 4.78 is 43.7. The third-order valence-electron chi connectivity index (χ3n) is 6.42. The van der Waals surface area contributed by atoms with Crippen LogP contribution in [0.3, 0.4) is 0 Å². The number of ether oxygens (including phenoxy) is 1. The van der Waals surface area contributed by atoms with Gasteiger partial charge in [0.15, 0.2) is 0 Å². The van der Waals surface area contributed by atoms with Crippen LogP contribution in [0.25, 0.3) is 11.0 Å². The summed E-state index contributed by atoms with van der Waals surface area (Å²) in [6.07, 6.45) is -1.74. The molecule has 0 unspecified atom stereocenters. The Hall–Kier alpha value is -3.27. The van der Waals surface area contributed by atoms with Gasteiger partial charge in [-0.3, -0.25) is 4.79 Å². The van der Waals surface area contributed by atoms with E-state index in [9.17, 15) is 18.0 Å². The lowest BCUT2D eigenvalue weighted by Gasteiger charge is -2.40. The molecule has 0 spiro atoms. The van der Waals surface area contributed by atoms with Gasteiger partial charge in [-0.05, 0) is 73.1 Å². The molecular formula is C26H31F3N4O3. The number of carbonyl (C=O) groups is 1. The molecule has 7 nitrogen and oxygen atoms in total. The van der Waals surface area contributed by atoms with Gasteiger partial charge in [-0.25, -0.2) is 4.98 Å². The normalized spacial score (nSPS) is 19.8. The average molecular weight is 505 g/mol. The van der Waals surface area contributed by atoms with Gasteiger partial charge < -0.3 is 25.0 Å². The van der Waals surface area contributed by atoms with Crippen molar-refractivity contribution in [2.75, 3.05) is 18.5 Å². The van der Waals surface area contributed by atoms with E-state index in [1.807, 2.05) is 6.07 Å². The van der Waals surface area contributed by atoms with E-state index in [0.717, 1.165) is 24.8 Å². The predicted molar refractivity (Wildman–Crippen MR) is 131 cm³/mol. The van der Waals surface area contributed by atoms with Gasteiger partial charge in [-0.15, -0.1) is 13.2 Å². The van der Waals surface area contributed by atoms with Crippen molar-refractivity contribution in [1.82, 2.24) is 14.9 Å². The number of carbonyl (C=O) groups excluding carboxylic acids is 1. The summed E-state index contributed by atoms with van der Waals surface area (Å²) in [5.74, 6) is 0.453. The minimum Gasteiger partial charge on any atom is -0.406 e. The fraction of sp³-hybridized carbons (Fsp3) is 0.462. The van der Waals surface area contributed by atoms with Gasteiger partial charge in [0.2, 0.25) is 5.95 Å². The molecule has 2 aromatic carbocycles. The molecule has 3 N–H and O–H groups in total. The molecule has 1 heterocycles. The summed E-state index contributed by atoms with van der Waals surface area (Å²) in [5.41, 5.74) is 2.62. The Morgan fingerprint density at radius 2 is 1.92 bits per heavy atom. The number of hydrogen-bond acceptors (Lipinski definition) is 5. The zero-order chi connectivity index (χ0) is 26.1. The van der Waals surface area contributed by atoms with Crippen molar-refractivity contribution in [2.45, 2.75) is 52.4 Å². The number of amides is 1. The first-order valence-electron chi connectivity index (χ1n) is 12.0. The van der Waals surface area contributed by atoms with E-state index in [4.69, 9.17) is 10.1 Å². The van der Waals surface area contributed by atoms with Crippen LogP contribution in [0.4, 0.5) is 24.8 Å². The van der Waals surface area contributed by atoms with Gasteiger partial charge in [0, 0.05) is 23.8 Å². The van der Waals surface area contributed by atoms with E-state index in [2.05, 4.69) is 40.7 Å². The first kappa shape index (κ1) is 25.8. The summed E-state index contributed by atoms with van der Waals surface area (Å²) in [7, 11) is 0. The number of fused-ring (bicyclic) bond motifs is 1. The van der Waals surface area contributed by atoms with Crippen molar-refractivity contribution in [3.63, 3.8) is 0 Å². The predicted octanol–water partition coefficient (Wildman–Crippen LogP) is 5.79. The van der Waals surface area contributed by atoms with Crippen LogP contribution in [0.1, 0.15) is 56.4 Å². The van der Waals surface area contributed by atoms with Gasteiger partial charge in [0.25, 0.3) is 5.91 Å². The number of alkyl halides is 3. The van der Waals surface area contributed by atoms with Crippen LogP contribution < -0.4 is 15.4 Å². The lowest BCUT2D eigenvalue weighted by Crippen LogP contribution is -2.29. The third-order valence-corrected chi connectivity index (χ3v) is 6.42. The molecule has 4 rings (SSSR count). The molecular weight excluding hydrogens is 473 g/mol. The Labute approximate surface area is 207 Å². The summed E-state index contributed by atoms with van der Waals surface area (Å²) in [5, 5.41) is 14.9. The van der Waals surface area contributed by atoms with Crippen LogP contribution >= 0.6 is 0 Å². The minimum absolute atomic E-state index is 0.136. The molecule has 1 amide bonds. The Morgan fingerprint density at radius 3 is 2.56 bits per heavy atom. The van der Waals surface area contributed by atoms with Crippen molar-refractivity contribution >= 4 is 28.6 Å². The van der Waals surface area contributed by atoms with Gasteiger partial charge in [0.1, 0.15) is 5.75 Å². The van der Waals surface area contributed by atoms with E-state index in [-0.39, 0.29) is 36.3 Å². The molecule has 0 aliphatic heterocycles. The van der Waals surface area contributed by atoms with E-state index in [0.29, 0.717) is 28.6 Å². The van der Waals surface area contributed by atoms with Crippen LogP contribution in [0.5, 0.6) is 5.75 Å². The summed E-state index contributed by atoms with van der Waals surface area (Å²) in [6, 6.07) is 11.0. The minimum atomic E-state index is -4.76. The molecule has 36 heavy (non-hydrogen) atoms. The average Bonchev–Trinajstić information content (AvgIpc) is 3.13. The number of nitrogens with zero attached hydrogens (tertiary/aromatic N) is 2. The number of aromatic nitrogens is 2. The SMILES string of the molecule is C[C@@H]1C[C@H](n2c(Nc3ccc(OC(F)(F)F)cc3)nc3cc(C(=O)NCCO)ccc32)CC(C)(C)C1. The monoisotopic (exact) mass is 504 g/mol. The van der Waals surface area contributed by atoms with Crippen LogP contribution in [-0.4, -0.2) is 40.1 Å². The number of aliphatic hydroxyl groups excluding tert-OH is 1. The first-order valence-corrected chi connectivity index (χ1v) is 12.0. The summed E-state index contributed by atoms with van der Waals surface area (Å²) >= 11 is 0. The number of nitrogens with one attached hydrogen (secondary N) is 2. The molecule has 2 atom stereocenters. The fourth-order valence-corrected chi connectivity index (χ4v) is 5.33. The quantitative estimate of drug-likeness (QED) is 0.379. The number of rotatable bonds is 7. The van der Waals surface area contributed by atoms with Crippen LogP contribution in [0, 0.1) is 11.3 Å². The molecule has 1 aliphatic rings. The summed E-state index contributed by atoms with van der Waals surface area (Å²) in [4.78, 5) is 17.2. The van der Waals surface area contributed by atoms with Crippen LogP contribution in [0.2, 0.25) is 0 Å². The van der Waals surface area contributed by atoms with Crippen molar-refractivity contribution in [2.24, 2.45) is 11.3 Å². The Morgan fingerprint density at radius 1 is 1.19 bits per heavy atom. The molecule has 1 saturated carbocycles. The maximum atomic E-state index is 12.5. The Bertz CT molecular complexity index is 1220. The van der Waals surface area contributed by atoms with Crippen molar-refractivity contribution in [1.29, 1.82) is 0 Å². The highest BCUT2D eigenvalue weighted by Gasteiger charge is 2.35. The first-order chi connectivity index (χ1) is 16.9. The van der Waals surface area contributed by atoms with E-state index in [1.54, 1.807) is 12.1 Å². The Kier molecular flexibility index (Phi) is 7.17. The van der Waals surface area contributed by atoms with E-state index < -0.39 is 6.36 Å². The molecule has 0 saturated heterocycles. The zero-order valence-electron chi connectivity index (χ0n) is 20.5. The lowest BCUT2D eigenvalue weighted by molar-refractivity contribution is -0.274. The highest BCUT2D eigenvalue weighted by molar-refractivity contribution is 5.97. The highest BCUT2D eigenvalue weighted by atomic mass is 19.4. The number of benzene rings is 2. The fourth-order valence-electron chi connectivity index (χ4n) is 5.33. The van der Waals surface area contributed by atoms with E-state index in [1.165, 1.54) is 24.3 Å². The molecule has 10 heteroatoms. The standard InChI is InChI=1S/C26H31F3N4O3/c1-16-12-19(15-25(2,3)14-16)33-22-9-4-17(23(35)30-10-11-34)13-21(22)32-24(33)31-18-5-7-20(8-6-18)36-26(27,28)29/h4-9,13,16,19,34H,10-12,14-15H2,1-3H3,(H,30,35)(H,31,32)/t16-,19+/m1/s1. The second kappa shape index (κ2) is 10.0. The molecule has 1 fully saturated rings. The lowest BCUT2D eigenvalue weighted by atomic mass is 9.70. The maximum absolute atomic E-state index is 12.5. The molecule has 194 valence electrons. The molecule has 1 aliphatic carbocycles. The third kappa shape index (κ3) is 6.10. The Balaban J connectivity index is 1.71.